The lowest BCUT2D eigenvalue weighted by molar-refractivity contribution is -0.121. The van der Waals surface area contributed by atoms with Crippen molar-refractivity contribution in [1.29, 1.82) is 0 Å². The maximum Gasteiger partial charge on any atom is 0.227 e. The van der Waals surface area contributed by atoms with Crippen LogP contribution in [0.15, 0.2) is 22.7 Å². The molecule has 1 amide bonds. The molecule has 0 unspecified atom stereocenters. The normalized spacial score (nSPS) is 10.4. The minimum Gasteiger partial charge on any atom is -0.493 e. The van der Waals surface area contributed by atoms with Gasteiger partial charge >= 0.3 is 0 Å². The van der Waals surface area contributed by atoms with Gasteiger partial charge in [0.1, 0.15) is 0 Å². The second-order valence-electron chi connectivity index (χ2n) is 4.76. The molecule has 0 radical (unpaired) electrons. The number of ether oxygens (including phenoxy) is 2. The molecule has 2 rings (SSSR count). The Morgan fingerprint density at radius 1 is 1.30 bits per heavy atom. The number of rotatable bonds is 8. The first-order chi connectivity index (χ1) is 11.2. The van der Waals surface area contributed by atoms with Crippen molar-refractivity contribution >= 4 is 5.91 Å². The number of benzene rings is 1. The Kier molecular flexibility index (Phi) is 5.96. The van der Waals surface area contributed by atoms with E-state index in [1.54, 1.807) is 19.2 Å². The lowest BCUT2D eigenvalue weighted by Crippen LogP contribution is -2.22. The predicted octanol–water partition coefficient (Wildman–Crippen LogP) is 2.21. The Morgan fingerprint density at radius 2 is 2.13 bits per heavy atom. The molecule has 124 valence electrons. The number of nitrogens with one attached hydrogen (secondary N) is 1. The molecule has 2 aromatic rings. The van der Waals surface area contributed by atoms with Crippen LogP contribution in [-0.2, 0) is 11.2 Å². The highest BCUT2D eigenvalue weighted by molar-refractivity contribution is 5.75. The predicted molar refractivity (Wildman–Crippen MR) is 84.5 cm³/mol. The number of methoxy groups -OCH3 is 1. The van der Waals surface area contributed by atoms with E-state index in [0.717, 1.165) is 5.56 Å². The smallest absolute Gasteiger partial charge is 0.227 e. The van der Waals surface area contributed by atoms with Crippen molar-refractivity contribution in [2.75, 3.05) is 20.3 Å². The molecular weight excluding hydrogens is 298 g/mol. The fourth-order valence-corrected chi connectivity index (χ4v) is 2.06. The number of carbonyl (C=O) groups is 1. The molecular formula is C16H21N3O4. The van der Waals surface area contributed by atoms with Gasteiger partial charge in [-0.1, -0.05) is 5.16 Å². The minimum absolute atomic E-state index is 0.0321. The third-order valence-corrected chi connectivity index (χ3v) is 3.13. The van der Waals surface area contributed by atoms with Gasteiger partial charge in [0.2, 0.25) is 17.6 Å². The molecule has 0 bridgehead atoms. The molecule has 7 nitrogen and oxygen atoms in total. The summed E-state index contributed by atoms with van der Waals surface area (Å²) < 4.78 is 16.0. The Labute approximate surface area is 135 Å². The van der Waals surface area contributed by atoms with Crippen LogP contribution < -0.4 is 14.8 Å². The fourth-order valence-electron chi connectivity index (χ4n) is 2.06. The number of aryl methyl sites for hydroxylation is 1. The second-order valence-corrected chi connectivity index (χ2v) is 4.76. The van der Waals surface area contributed by atoms with Gasteiger partial charge in [-0.2, -0.15) is 4.98 Å². The van der Waals surface area contributed by atoms with Crippen molar-refractivity contribution in [3.05, 3.63) is 24.1 Å². The van der Waals surface area contributed by atoms with Gasteiger partial charge in [-0.3, -0.25) is 4.79 Å². The summed E-state index contributed by atoms with van der Waals surface area (Å²) in [6, 6.07) is 5.44. The maximum absolute atomic E-state index is 11.4. The number of aromatic nitrogens is 2. The third-order valence-electron chi connectivity index (χ3n) is 3.13. The quantitative estimate of drug-likeness (QED) is 0.803. The molecule has 23 heavy (non-hydrogen) atoms. The van der Waals surface area contributed by atoms with Crippen molar-refractivity contribution in [2.45, 2.75) is 26.7 Å². The highest BCUT2D eigenvalue weighted by Crippen LogP contribution is 2.31. The van der Waals surface area contributed by atoms with Crippen LogP contribution in [0.25, 0.3) is 11.4 Å². The van der Waals surface area contributed by atoms with E-state index in [0.29, 0.717) is 49.2 Å². The summed E-state index contributed by atoms with van der Waals surface area (Å²) in [5, 5.41) is 6.68. The lowest BCUT2D eigenvalue weighted by atomic mass is 10.2. The number of nitrogens with zero attached hydrogens (tertiary/aromatic N) is 2. The molecule has 1 N–H and O–H groups in total. The van der Waals surface area contributed by atoms with Crippen molar-refractivity contribution < 1.29 is 18.8 Å². The van der Waals surface area contributed by atoms with E-state index >= 15 is 0 Å². The van der Waals surface area contributed by atoms with Crippen LogP contribution in [0.1, 0.15) is 26.2 Å². The molecule has 7 heteroatoms. The Balaban J connectivity index is 2.10. The molecule has 0 aliphatic rings. The van der Waals surface area contributed by atoms with Crippen molar-refractivity contribution in [3.63, 3.8) is 0 Å². The second kappa shape index (κ2) is 8.17. The van der Waals surface area contributed by atoms with Gasteiger partial charge in [0.15, 0.2) is 11.5 Å². The van der Waals surface area contributed by atoms with Crippen LogP contribution in [0.5, 0.6) is 11.5 Å². The standard InChI is InChI=1S/C16H21N3O4/c1-4-17-14(20)8-9-15-18-16(19-23-15)11-6-7-12(21-3)13(10-11)22-5-2/h6-7,10H,4-5,8-9H2,1-3H3,(H,17,20). The first-order valence-electron chi connectivity index (χ1n) is 7.58. The van der Waals surface area contributed by atoms with Crippen LogP contribution in [-0.4, -0.2) is 36.3 Å². The van der Waals surface area contributed by atoms with E-state index in [-0.39, 0.29) is 5.91 Å². The first kappa shape index (κ1) is 16.8. The summed E-state index contributed by atoms with van der Waals surface area (Å²) in [7, 11) is 1.59. The van der Waals surface area contributed by atoms with E-state index in [1.807, 2.05) is 19.9 Å². The summed E-state index contributed by atoms with van der Waals surface area (Å²) >= 11 is 0. The van der Waals surface area contributed by atoms with Crippen LogP contribution in [0, 0.1) is 0 Å². The third kappa shape index (κ3) is 4.45. The number of hydrogen-bond donors (Lipinski definition) is 1. The summed E-state index contributed by atoms with van der Waals surface area (Å²) in [6.45, 7) is 4.92. The Bertz CT molecular complexity index is 655. The molecule has 0 aliphatic carbocycles. The highest BCUT2D eigenvalue weighted by Gasteiger charge is 2.13. The van der Waals surface area contributed by atoms with Crippen LogP contribution in [0.3, 0.4) is 0 Å². The zero-order valence-corrected chi connectivity index (χ0v) is 13.6. The highest BCUT2D eigenvalue weighted by atomic mass is 16.5. The molecule has 0 fully saturated rings. The van der Waals surface area contributed by atoms with Gasteiger partial charge in [-0.15, -0.1) is 0 Å². The summed E-state index contributed by atoms with van der Waals surface area (Å²) in [4.78, 5) is 15.8. The number of amides is 1. The van der Waals surface area contributed by atoms with Crippen LogP contribution in [0.4, 0.5) is 0 Å². The van der Waals surface area contributed by atoms with Crippen molar-refractivity contribution in [2.24, 2.45) is 0 Å². The van der Waals surface area contributed by atoms with E-state index in [1.165, 1.54) is 0 Å². The molecule has 0 saturated carbocycles. The van der Waals surface area contributed by atoms with Crippen molar-refractivity contribution in [3.8, 4) is 22.9 Å². The van der Waals surface area contributed by atoms with Gasteiger partial charge in [0, 0.05) is 24.9 Å². The minimum atomic E-state index is -0.0321. The van der Waals surface area contributed by atoms with Gasteiger partial charge in [-0.25, -0.2) is 0 Å². The SMILES string of the molecule is CCNC(=O)CCc1nc(-c2ccc(OC)c(OCC)c2)no1. The molecule has 1 aromatic heterocycles. The van der Waals surface area contributed by atoms with E-state index in [4.69, 9.17) is 14.0 Å². The van der Waals surface area contributed by atoms with Gasteiger partial charge in [0.05, 0.1) is 13.7 Å². The van der Waals surface area contributed by atoms with E-state index in [2.05, 4.69) is 15.5 Å². The lowest BCUT2D eigenvalue weighted by Gasteiger charge is -2.09. The summed E-state index contributed by atoms with van der Waals surface area (Å²) in [6.07, 6.45) is 0.732. The van der Waals surface area contributed by atoms with Gasteiger partial charge in [-0.05, 0) is 32.0 Å². The van der Waals surface area contributed by atoms with E-state index in [9.17, 15) is 4.79 Å². The number of carbonyl (C=O) groups excluding carboxylic acids is 1. The zero-order valence-electron chi connectivity index (χ0n) is 13.6. The van der Waals surface area contributed by atoms with Crippen LogP contribution >= 0.6 is 0 Å². The molecule has 1 heterocycles. The molecule has 0 spiro atoms. The maximum atomic E-state index is 11.4. The monoisotopic (exact) mass is 319 g/mol. The molecule has 0 aliphatic heterocycles. The van der Waals surface area contributed by atoms with E-state index < -0.39 is 0 Å². The average Bonchev–Trinajstić information content (AvgIpc) is 3.02. The van der Waals surface area contributed by atoms with Crippen LogP contribution in [0.2, 0.25) is 0 Å². The largest absolute Gasteiger partial charge is 0.493 e. The molecule has 0 saturated heterocycles. The number of hydrogen-bond acceptors (Lipinski definition) is 6. The van der Waals surface area contributed by atoms with Gasteiger partial charge < -0.3 is 19.3 Å². The fraction of sp³-hybridized carbons (Fsp3) is 0.438. The topological polar surface area (TPSA) is 86.5 Å². The summed E-state index contributed by atoms with van der Waals surface area (Å²) in [5.41, 5.74) is 0.766. The molecule has 0 atom stereocenters. The van der Waals surface area contributed by atoms with Gasteiger partial charge in [0.25, 0.3) is 0 Å². The van der Waals surface area contributed by atoms with Crippen molar-refractivity contribution in [1.82, 2.24) is 15.5 Å². The Morgan fingerprint density at radius 3 is 2.83 bits per heavy atom. The first-order valence-corrected chi connectivity index (χ1v) is 7.58. The Hall–Kier alpha value is -2.57. The average molecular weight is 319 g/mol. The summed E-state index contributed by atoms with van der Waals surface area (Å²) in [5.74, 6) is 2.13. The molecule has 1 aromatic carbocycles. The zero-order chi connectivity index (χ0) is 16.7.